The number of benzene rings is 1. The van der Waals surface area contributed by atoms with Gasteiger partial charge in [-0.25, -0.2) is 19.1 Å². The predicted octanol–water partition coefficient (Wildman–Crippen LogP) is 0.616. The fraction of sp³-hybridized carbons (Fsp3) is 0.0667. The molecule has 0 saturated heterocycles. The number of hydrogen-bond acceptors (Lipinski definition) is 4. The molecule has 3 heterocycles. The van der Waals surface area contributed by atoms with Crippen molar-refractivity contribution in [1.82, 2.24) is 23.8 Å². The van der Waals surface area contributed by atoms with Crippen molar-refractivity contribution in [3.8, 4) is 0 Å². The number of nitrogens with zero attached hydrogens (tertiary/aromatic N) is 5. The van der Waals surface area contributed by atoms with Gasteiger partial charge in [-0.2, -0.15) is 0 Å². The van der Waals surface area contributed by atoms with Crippen molar-refractivity contribution in [1.29, 1.82) is 0 Å². The van der Waals surface area contributed by atoms with E-state index in [9.17, 15) is 9.59 Å². The zero-order valence-electron chi connectivity index (χ0n) is 12.0. The van der Waals surface area contributed by atoms with Gasteiger partial charge in [-0.05, 0) is 24.3 Å². The van der Waals surface area contributed by atoms with Crippen LogP contribution >= 0.6 is 0 Å². The summed E-state index contributed by atoms with van der Waals surface area (Å²) >= 11 is 0. The van der Waals surface area contributed by atoms with Crippen LogP contribution in [0, 0.1) is 0 Å². The summed E-state index contributed by atoms with van der Waals surface area (Å²) in [5, 5.41) is 4.13. The summed E-state index contributed by atoms with van der Waals surface area (Å²) in [4.78, 5) is 28.5. The second-order valence-electron chi connectivity index (χ2n) is 5.01. The van der Waals surface area contributed by atoms with Crippen LogP contribution < -0.4 is 11.1 Å². The van der Waals surface area contributed by atoms with Gasteiger partial charge in [0.1, 0.15) is 12.9 Å². The Kier molecular flexibility index (Phi) is 2.94. The van der Waals surface area contributed by atoms with Gasteiger partial charge in [0, 0.05) is 6.20 Å². The van der Waals surface area contributed by atoms with Crippen LogP contribution in [-0.4, -0.2) is 29.7 Å². The van der Waals surface area contributed by atoms with Crippen LogP contribution in [-0.2, 0) is 11.3 Å². The summed E-state index contributed by atoms with van der Waals surface area (Å²) in [5.74, 6) is -0.362. The first-order chi connectivity index (χ1) is 11.2. The number of hydrogen-bond donors (Lipinski definition) is 1. The number of carbonyl (C=O) groups excluding carboxylic acids is 1. The summed E-state index contributed by atoms with van der Waals surface area (Å²) in [6.45, 7) is -0.174. The number of aromatic nitrogens is 5. The molecule has 0 radical (unpaired) electrons. The molecular formula is C15H12N6O2. The highest BCUT2D eigenvalue weighted by Gasteiger charge is 2.11. The molecule has 4 aromatic rings. The van der Waals surface area contributed by atoms with Crippen molar-refractivity contribution in [3.63, 3.8) is 0 Å². The summed E-state index contributed by atoms with van der Waals surface area (Å²) in [5.41, 5.74) is 4.39. The SMILES string of the molecule is O=C(Cn1nc2ccccn2c1=O)Nn1cnc2ccccc21. The minimum Gasteiger partial charge on any atom is -0.271 e. The van der Waals surface area contributed by atoms with Gasteiger partial charge in [0.2, 0.25) is 0 Å². The molecular weight excluding hydrogens is 296 g/mol. The summed E-state index contributed by atoms with van der Waals surface area (Å²) in [6, 6.07) is 12.7. The van der Waals surface area contributed by atoms with E-state index in [4.69, 9.17) is 0 Å². The molecule has 0 spiro atoms. The number of nitrogens with one attached hydrogen (secondary N) is 1. The van der Waals surface area contributed by atoms with Gasteiger partial charge in [-0.3, -0.25) is 14.6 Å². The zero-order chi connectivity index (χ0) is 15.8. The van der Waals surface area contributed by atoms with E-state index in [1.54, 1.807) is 24.4 Å². The van der Waals surface area contributed by atoms with Crippen molar-refractivity contribution >= 4 is 22.6 Å². The minimum absolute atomic E-state index is 0.174. The molecule has 1 N–H and O–H groups in total. The van der Waals surface area contributed by atoms with Crippen molar-refractivity contribution in [3.05, 3.63) is 65.5 Å². The monoisotopic (exact) mass is 308 g/mol. The maximum absolute atomic E-state index is 12.2. The first-order valence-electron chi connectivity index (χ1n) is 6.98. The van der Waals surface area contributed by atoms with Gasteiger partial charge in [0.05, 0.1) is 11.0 Å². The molecule has 114 valence electrons. The Bertz CT molecular complexity index is 1070. The first kappa shape index (κ1) is 13.3. The lowest BCUT2D eigenvalue weighted by atomic mass is 10.3. The molecule has 0 saturated carbocycles. The fourth-order valence-electron chi connectivity index (χ4n) is 2.43. The predicted molar refractivity (Wildman–Crippen MR) is 83.6 cm³/mol. The number of pyridine rings is 1. The topological polar surface area (TPSA) is 86.2 Å². The lowest BCUT2D eigenvalue weighted by Crippen LogP contribution is -2.31. The van der Waals surface area contributed by atoms with E-state index >= 15 is 0 Å². The molecule has 1 amide bonds. The number of para-hydroxylation sites is 2. The summed E-state index contributed by atoms with van der Waals surface area (Å²) in [6.07, 6.45) is 3.14. The number of carbonyl (C=O) groups is 1. The van der Waals surface area contributed by atoms with Crippen LogP contribution in [0.3, 0.4) is 0 Å². The molecule has 0 atom stereocenters. The number of imidazole rings is 1. The second-order valence-corrected chi connectivity index (χ2v) is 5.01. The molecule has 1 aromatic carbocycles. The van der Waals surface area contributed by atoms with Gasteiger partial charge in [0.15, 0.2) is 5.65 Å². The van der Waals surface area contributed by atoms with Crippen molar-refractivity contribution < 1.29 is 4.79 Å². The van der Waals surface area contributed by atoms with E-state index in [1.165, 1.54) is 15.4 Å². The third-order valence-electron chi connectivity index (χ3n) is 3.48. The van der Waals surface area contributed by atoms with E-state index in [1.807, 2.05) is 24.3 Å². The van der Waals surface area contributed by atoms with Gasteiger partial charge >= 0.3 is 5.69 Å². The second kappa shape index (κ2) is 5.09. The fourth-order valence-corrected chi connectivity index (χ4v) is 2.43. The van der Waals surface area contributed by atoms with Crippen LogP contribution in [0.1, 0.15) is 0 Å². The molecule has 0 aliphatic carbocycles. The normalized spacial score (nSPS) is 11.1. The molecule has 0 aliphatic heterocycles. The Morgan fingerprint density at radius 3 is 2.83 bits per heavy atom. The largest absolute Gasteiger partial charge is 0.350 e. The Labute approximate surface area is 129 Å². The molecule has 4 rings (SSSR count). The van der Waals surface area contributed by atoms with E-state index in [2.05, 4.69) is 15.5 Å². The van der Waals surface area contributed by atoms with Crippen LogP contribution in [0.25, 0.3) is 16.7 Å². The standard InChI is InChI=1S/C15H12N6O2/c22-14(18-21-10-16-11-5-1-2-6-12(11)21)9-20-15(23)19-8-4-3-7-13(19)17-20/h1-8,10H,9H2,(H,18,22). The van der Waals surface area contributed by atoms with E-state index < -0.39 is 0 Å². The molecule has 23 heavy (non-hydrogen) atoms. The van der Waals surface area contributed by atoms with E-state index in [0.717, 1.165) is 15.7 Å². The highest BCUT2D eigenvalue weighted by Crippen LogP contribution is 2.09. The Morgan fingerprint density at radius 1 is 1.13 bits per heavy atom. The highest BCUT2D eigenvalue weighted by molar-refractivity contribution is 5.86. The van der Waals surface area contributed by atoms with Gasteiger partial charge < -0.3 is 0 Å². The average molecular weight is 308 g/mol. The quantitative estimate of drug-likeness (QED) is 0.601. The zero-order valence-corrected chi connectivity index (χ0v) is 12.0. The number of fused-ring (bicyclic) bond motifs is 2. The van der Waals surface area contributed by atoms with E-state index in [-0.39, 0.29) is 18.1 Å². The maximum atomic E-state index is 12.2. The summed E-state index contributed by atoms with van der Waals surface area (Å²) in [7, 11) is 0. The highest BCUT2D eigenvalue weighted by atomic mass is 16.2. The third-order valence-corrected chi connectivity index (χ3v) is 3.48. The molecule has 3 aromatic heterocycles. The van der Waals surface area contributed by atoms with Crippen LogP contribution in [0.5, 0.6) is 0 Å². The van der Waals surface area contributed by atoms with Gasteiger partial charge in [0.25, 0.3) is 5.91 Å². The maximum Gasteiger partial charge on any atom is 0.350 e. The van der Waals surface area contributed by atoms with E-state index in [0.29, 0.717) is 5.65 Å². The molecule has 0 bridgehead atoms. The summed E-state index contributed by atoms with van der Waals surface area (Å²) < 4.78 is 4.04. The first-order valence-corrected chi connectivity index (χ1v) is 6.98. The Balaban J connectivity index is 1.60. The Morgan fingerprint density at radius 2 is 1.96 bits per heavy atom. The number of amides is 1. The van der Waals surface area contributed by atoms with Crippen molar-refractivity contribution in [2.75, 3.05) is 5.43 Å². The van der Waals surface area contributed by atoms with Gasteiger partial charge in [-0.1, -0.05) is 18.2 Å². The smallest absolute Gasteiger partial charge is 0.271 e. The number of rotatable bonds is 3. The van der Waals surface area contributed by atoms with Crippen LogP contribution in [0.2, 0.25) is 0 Å². The molecule has 8 heteroatoms. The lowest BCUT2D eigenvalue weighted by Gasteiger charge is -2.06. The average Bonchev–Trinajstić information content (AvgIpc) is 3.10. The molecule has 0 aliphatic rings. The Hall–Kier alpha value is -3.42. The molecule has 0 fully saturated rings. The van der Waals surface area contributed by atoms with Crippen LogP contribution in [0.15, 0.2) is 59.8 Å². The van der Waals surface area contributed by atoms with Crippen molar-refractivity contribution in [2.45, 2.75) is 6.54 Å². The molecule has 8 nitrogen and oxygen atoms in total. The lowest BCUT2D eigenvalue weighted by molar-refractivity contribution is -0.117. The molecule has 0 unspecified atom stereocenters. The van der Waals surface area contributed by atoms with Crippen LogP contribution in [0.4, 0.5) is 0 Å². The van der Waals surface area contributed by atoms with Crippen molar-refractivity contribution in [2.24, 2.45) is 0 Å². The third kappa shape index (κ3) is 2.26. The minimum atomic E-state index is -0.362. The van der Waals surface area contributed by atoms with Gasteiger partial charge in [-0.15, -0.1) is 5.10 Å².